The quantitative estimate of drug-likeness (QED) is 0.667. The van der Waals surface area contributed by atoms with E-state index in [9.17, 15) is 9.18 Å². The lowest BCUT2D eigenvalue weighted by Crippen LogP contribution is -2.68. The summed E-state index contributed by atoms with van der Waals surface area (Å²) in [6.45, 7) is 4.60. The highest BCUT2D eigenvalue weighted by Gasteiger charge is 2.39. The average molecular weight is 412 g/mol. The van der Waals surface area contributed by atoms with Crippen LogP contribution in [0.1, 0.15) is 5.56 Å². The number of nitrogens with zero attached hydrogens (tertiary/aromatic N) is 2. The van der Waals surface area contributed by atoms with Gasteiger partial charge in [0.1, 0.15) is 18.3 Å². The maximum atomic E-state index is 14.4. The van der Waals surface area contributed by atoms with Gasteiger partial charge in [-0.05, 0) is 24.6 Å². The van der Waals surface area contributed by atoms with Gasteiger partial charge in [0.05, 0.1) is 24.5 Å². The Labute approximate surface area is 153 Å². The lowest BCUT2D eigenvalue weighted by atomic mass is 10.1. The number of halogens is 2. The fraction of sp³-hybridized carbons (Fsp3) is 0.438. The molecule has 0 aromatic heterocycles. The van der Waals surface area contributed by atoms with E-state index in [4.69, 9.17) is 4.74 Å². The summed E-state index contributed by atoms with van der Waals surface area (Å²) in [6, 6.07) is 3.25. The highest BCUT2D eigenvalue weighted by Crippen LogP contribution is 2.30. The monoisotopic (exact) mass is 411 g/mol. The summed E-state index contributed by atoms with van der Waals surface area (Å²) in [4.78, 5) is 14.6. The summed E-state index contributed by atoms with van der Waals surface area (Å²) >= 11 is 3.29. The molecule has 134 valence electrons. The largest absolute Gasteiger partial charge is 0.379 e. The molecule has 7 nitrogen and oxygen atoms in total. The van der Waals surface area contributed by atoms with Gasteiger partial charge in [0.25, 0.3) is 5.91 Å². The van der Waals surface area contributed by atoms with Gasteiger partial charge in [-0.3, -0.25) is 20.0 Å². The van der Waals surface area contributed by atoms with Crippen LogP contribution in [0.15, 0.2) is 28.4 Å². The number of morpholine rings is 1. The topological polar surface area (TPSA) is 68.9 Å². The highest BCUT2D eigenvalue weighted by atomic mass is 79.9. The number of amides is 1. The number of hydrogen-bond donors (Lipinski definition) is 3. The SMILES string of the molecule is Cc1cc(Br)cc(F)c1N1C=C2C(=O)NC(N3CCOCC3)NC2N1. The number of hydrogen-bond acceptors (Lipinski definition) is 6. The van der Waals surface area contributed by atoms with Gasteiger partial charge < -0.3 is 10.1 Å². The summed E-state index contributed by atoms with van der Waals surface area (Å²) in [5, 5.41) is 7.88. The number of rotatable bonds is 2. The Morgan fingerprint density at radius 1 is 1.32 bits per heavy atom. The van der Waals surface area contributed by atoms with E-state index in [1.54, 1.807) is 11.2 Å². The molecule has 2 saturated heterocycles. The number of carbonyl (C=O) groups is 1. The van der Waals surface area contributed by atoms with E-state index in [2.05, 4.69) is 36.9 Å². The van der Waals surface area contributed by atoms with Crippen LogP contribution in [0.5, 0.6) is 0 Å². The Morgan fingerprint density at radius 2 is 2.08 bits per heavy atom. The van der Waals surface area contributed by atoms with Crippen molar-refractivity contribution in [2.75, 3.05) is 31.3 Å². The molecule has 2 unspecified atom stereocenters. The number of fused-ring (bicyclic) bond motifs is 1. The molecule has 4 rings (SSSR count). The summed E-state index contributed by atoms with van der Waals surface area (Å²) in [5.41, 5.74) is 4.87. The van der Waals surface area contributed by atoms with E-state index in [1.807, 2.05) is 13.0 Å². The van der Waals surface area contributed by atoms with Gasteiger partial charge in [-0.25, -0.2) is 9.82 Å². The van der Waals surface area contributed by atoms with Gasteiger partial charge in [-0.1, -0.05) is 15.9 Å². The van der Waals surface area contributed by atoms with Crippen LogP contribution in [0.25, 0.3) is 0 Å². The fourth-order valence-corrected chi connectivity index (χ4v) is 3.89. The molecule has 0 spiro atoms. The highest BCUT2D eigenvalue weighted by molar-refractivity contribution is 9.10. The van der Waals surface area contributed by atoms with Crippen molar-refractivity contribution < 1.29 is 13.9 Å². The molecule has 2 fully saturated rings. The van der Waals surface area contributed by atoms with Crippen LogP contribution >= 0.6 is 15.9 Å². The summed E-state index contributed by atoms with van der Waals surface area (Å²) < 4.78 is 20.5. The van der Waals surface area contributed by atoms with Crippen molar-refractivity contribution in [3.63, 3.8) is 0 Å². The molecule has 3 aliphatic rings. The van der Waals surface area contributed by atoms with E-state index >= 15 is 0 Å². The number of aryl methyl sites for hydroxylation is 1. The first kappa shape index (κ1) is 16.9. The van der Waals surface area contributed by atoms with Crippen LogP contribution in [0.4, 0.5) is 10.1 Å². The predicted molar refractivity (Wildman–Crippen MR) is 93.8 cm³/mol. The van der Waals surface area contributed by atoms with Crippen molar-refractivity contribution in [1.82, 2.24) is 21.0 Å². The number of carbonyl (C=O) groups excluding carboxylic acids is 1. The Kier molecular flexibility index (Phi) is 4.50. The van der Waals surface area contributed by atoms with Crippen molar-refractivity contribution in [3.05, 3.63) is 39.8 Å². The van der Waals surface area contributed by atoms with Gasteiger partial charge in [-0.15, -0.1) is 0 Å². The van der Waals surface area contributed by atoms with E-state index in [-0.39, 0.29) is 24.2 Å². The maximum Gasteiger partial charge on any atom is 0.254 e. The predicted octanol–water partition coefficient (Wildman–Crippen LogP) is 0.766. The number of ether oxygens (including phenoxy) is 1. The first-order valence-corrected chi connectivity index (χ1v) is 8.94. The van der Waals surface area contributed by atoms with Gasteiger partial charge in [0.15, 0.2) is 0 Å². The summed E-state index contributed by atoms with van der Waals surface area (Å²) in [6.07, 6.45) is 0.993. The zero-order valence-corrected chi connectivity index (χ0v) is 15.3. The van der Waals surface area contributed by atoms with E-state index in [0.717, 1.165) is 18.7 Å². The zero-order chi connectivity index (χ0) is 17.6. The third kappa shape index (κ3) is 3.18. The molecule has 3 heterocycles. The molecule has 0 radical (unpaired) electrons. The minimum atomic E-state index is -0.371. The molecular weight excluding hydrogens is 393 g/mol. The van der Waals surface area contributed by atoms with Gasteiger partial charge in [0, 0.05) is 23.8 Å². The zero-order valence-electron chi connectivity index (χ0n) is 13.7. The van der Waals surface area contributed by atoms with Crippen molar-refractivity contribution >= 4 is 27.5 Å². The van der Waals surface area contributed by atoms with E-state index in [0.29, 0.717) is 28.9 Å². The van der Waals surface area contributed by atoms with Crippen LogP contribution in [-0.4, -0.2) is 49.6 Å². The Bertz CT molecular complexity index is 714. The second-order valence-corrected chi connectivity index (χ2v) is 7.18. The molecule has 3 aliphatic heterocycles. The third-order valence-corrected chi connectivity index (χ3v) is 5.03. The van der Waals surface area contributed by atoms with Crippen LogP contribution in [0.3, 0.4) is 0 Å². The average Bonchev–Trinajstić information content (AvgIpc) is 2.99. The van der Waals surface area contributed by atoms with Crippen LogP contribution in [-0.2, 0) is 9.53 Å². The number of benzene rings is 1. The maximum absolute atomic E-state index is 14.4. The minimum Gasteiger partial charge on any atom is -0.379 e. The second-order valence-electron chi connectivity index (χ2n) is 6.26. The lowest BCUT2D eigenvalue weighted by Gasteiger charge is -2.40. The van der Waals surface area contributed by atoms with Crippen LogP contribution in [0, 0.1) is 12.7 Å². The fourth-order valence-electron chi connectivity index (χ4n) is 3.34. The Hall–Kier alpha value is -1.52. The van der Waals surface area contributed by atoms with Crippen molar-refractivity contribution in [2.24, 2.45) is 0 Å². The molecular formula is C16H19BrFN5O2. The number of hydrazine groups is 1. The molecule has 25 heavy (non-hydrogen) atoms. The third-order valence-electron chi connectivity index (χ3n) is 4.57. The molecule has 1 amide bonds. The van der Waals surface area contributed by atoms with Crippen molar-refractivity contribution in [3.8, 4) is 0 Å². The van der Waals surface area contributed by atoms with Crippen LogP contribution < -0.4 is 21.1 Å². The molecule has 1 aromatic carbocycles. The molecule has 1 aromatic rings. The normalized spacial score (nSPS) is 27.1. The Morgan fingerprint density at radius 3 is 2.80 bits per heavy atom. The van der Waals surface area contributed by atoms with Gasteiger partial charge in [-0.2, -0.15) is 0 Å². The van der Waals surface area contributed by atoms with Crippen LogP contribution in [0.2, 0.25) is 0 Å². The molecule has 3 N–H and O–H groups in total. The number of nitrogens with one attached hydrogen (secondary N) is 3. The molecule has 2 atom stereocenters. The minimum absolute atomic E-state index is 0.162. The van der Waals surface area contributed by atoms with Gasteiger partial charge >= 0.3 is 0 Å². The molecule has 0 aliphatic carbocycles. The summed E-state index contributed by atoms with van der Waals surface area (Å²) in [5.74, 6) is -0.523. The van der Waals surface area contributed by atoms with Gasteiger partial charge in [0.2, 0.25) is 0 Å². The van der Waals surface area contributed by atoms with Crippen molar-refractivity contribution in [1.29, 1.82) is 0 Å². The van der Waals surface area contributed by atoms with Crippen molar-refractivity contribution in [2.45, 2.75) is 19.4 Å². The standard InChI is InChI=1S/C16H19BrFN5O2/c1-9-6-10(17)7-12(18)13(9)23-8-11-14(21-23)19-16(20-15(11)24)22-2-4-25-5-3-22/h6-8,14,16,19,21H,2-5H2,1H3,(H,20,24). The molecule has 9 heteroatoms. The summed E-state index contributed by atoms with van der Waals surface area (Å²) in [7, 11) is 0. The Balaban J connectivity index is 1.55. The second kappa shape index (κ2) is 6.65. The lowest BCUT2D eigenvalue weighted by molar-refractivity contribution is -0.123. The molecule has 0 saturated carbocycles. The first-order valence-electron chi connectivity index (χ1n) is 8.14. The number of anilines is 1. The smallest absolute Gasteiger partial charge is 0.254 e. The van der Waals surface area contributed by atoms with E-state index < -0.39 is 0 Å². The van der Waals surface area contributed by atoms with E-state index in [1.165, 1.54) is 6.07 Å². The first-order chi connectivity index (χ1) is 12.0. The molecule has 0 bridgehead atoms.